The normalized spacial score (nSPS) is 14.9. The van der Waals surface area contributed by atoms with Crippen molar-refractivity contribution in [2.45, 2.75) is 185 Å². The van der Waals surface area contributed by atoms with Crippen LogP contribution in [-0.4, -0.2) is 172 Å². The fourth-order valence-corrected chi connectivity index (χ4v) is 7.31. The second-order valence-corrected chi connectivity index (χ2v) is 19.0. The van der Waals surface area contributed by atoms with E-state index in [1.54, 1.807) is 27.7 Å². The molecule has 438 valence electrons. The van der Waals surface area contributed by atoms with E-state index in [4.69, 9.17) is 28.7 Å². The molecule has 77 heavy (non-hydrogen) atoms. The van der Waals surface area contributed by atoms with Gasteiger partial charge in [-0.3, -0.25) is 57.7 Å². The highest BCUT2D eigenvalue weighted by atomic mass is 16.4. The van der Waals surface area contributed by atoms with Crippen molar-refractivity contribution in [1.29, 1.82) is 0 Å². The van der Waals surface area contributed by atoms with Gasteiger partial charge in [-0.25, -0.2) is 4.79 Å². The summed E-state index contributed by atoms with van der Waals surface area (Å²) < 4.78 is 0. The van der Waals surface area contributed by atoms with Gasteiger partial charge in [-0.1, -0.05) is 34.1 Å². The van der Waals surface area contributed by atoms with Gasteiger partial charge in [0.2, 0.25) is 47.3 Å². The predicted octanol–water partition coefficient (Wildman–Crippen LogP) is -4.10. The number of guanidine groups is 1. The Balaban J connectivity index is 6.76. The summed E-state index contributed by atoms with van der Waals surface area (Å²) in [6, 6.07) is -13.5. The molecule has 10 atom stereocenters. The van der Waals surface area contributed by atoms with Gasteiger partial charge >= 0.3 is 23.9 Å². The number of carbonyl (C=O) groups excluding carboxylic acids is 8. The van der Waals surface area contributed by atoms with E-state index in [-0.39, 0.29) is 70.0 Å². The number of hydrogen-bond acceptors (Lipinski definition) is 16. The predicted molar refractivity (Wildman–Crippen MR) is 277 cm³/mol. The number of carbonyl (C=O) groups is 12. The smallest absolute Gasteiger partial charge is 0.326 e. The summed E-state index contributed by atoms with van der Waals surface area (Å²) in [7, 11) is 0. The molecular weight excluding hydrogens is 1020 g/mol. The highest BCUT2D eigenvalue weighted by molar-refractivity contribution is 5.99. The molecule has 0 aliphatic rings. The monoisotopic (exact) mass is 1100 g/mol. The van der Waals surface area contributed by atoms with E-state index in [0.29, 0.717) is 25.7 Å². The van der Waals surface area contributed by atoms with Gasteiger partial charge in [0.25, 0.3) is 0 Å². The number of hydrogen-bond donors (Lipinski definition) is 17. The lowest BCUT2D eigenvalue weighted by atomic mass is 9.97. The standard InChI is InChI=1S/C47H84N14O16/c1-6-25(4)37(45(75)54-26(5)38(68)60-33(46(76)77)22-24(2)3)61-43(73)31(16-18-35(64)65)58-42(72)30(15-17-34(62)63)57-40(70)29(14-8-10-20-49)56-44(74)32(23-36(66)67)59-41(71)28(13-7-9-19-48)55-39(69)27(50)12-11-21-53-47(51)52/h24-33,37H,6-23,48-50H2,1-5H3,(H,54,75)(H,55,69)(H,56,74)(H,57,70)(H,58,72)(H,59,71)(H,60,68)(H,61,73)(H,62,63)(H,64,65)(H,66,67)(H,76,77)(H4,51,52,53)/t25-,26-,27-,28-,29-,30-,31-,32-,33-,37-/m0/s1. The van der Waals surface area contributed by atoms with Crippen LogP contribution in [0, 0.1) is 11.8 Å². The second kappa shape index (κ2) is 37.5. The van der Waals surface area contributed by atoms with Crippen LogP contribution in [0.25, 0.3) is 0 Å². The Morgan fingerprint density at radius 2 is 0.883 bits per heavy atom. The van der Waals surface area contributed by atoms with Crippen LogP contribution < -0.4 is 71.2 Å². The van der Waals surface area contributed by atoms with Crippen LogP contribution in [0.3, 0.4) is 0 Å². The van der Waals surface area contributed by atoms with Crippen molar-refractivity contribution >= 4 is 77.1 Å². The molecule has 0 aromatic rings. The van der Waals surface area contributed by atoms with Crippen molar-refractivity contribution in [1.82, 2.24) is 42.5 Å². The third-order valence-electron chi connectivity index (χ3n) is 11.9. The average molecular weight is 1100 g/mol. The molecule has 0 aromatic heterocycles. The molecule has 30 heteroatoms. The van der Waals surface area contributed by atoms with E-state index in [0.717, 1.165) is 0 Å². The lowest BCUT2D eigenvalue weighted by Crippen LogP contribution is -2.61. The van der Waals surface area contributed by atoms with Crippen LogP contribution in [0.4, 0.5) is 0 Å². The molecule has 0 saturated heterocycles. The summed E-state index contributed by atoms with van der Waals surface area (Å²) in [6.45, 7) is 8.55. The van der Waals surface area contributed by atoms with Crippen molar-refractivity contribution in [3.05, 3.63) is 0 Å². The summed E-state index contributed by atoms with van der Waals surface area (Å²) in [4.78, 5) is 160. The number of carboxylic acid groups (broad SMARTS) is 4. The summed E-state index contributed by atoms with van der Waals surface area (Å²) in [6.07, 6.45) is -1.97. The summed E-state index contributed by atoms with van der Waals surface area (Å²) >= 11 is 0. The van der Waals surface area contributed by atoms with Gasteiger partial charge in [0.05, 0.1) is 12.5 Å². The molecule has 0 aliphatic carbocycles. The van der Waals surface area contributed by atoms with Crippen LogP contribution >= 0.6 is 0 Å². The van der Waals surface area contributed by atoms with Gasteiger partial charge < -0.3 is 91.6 Å². The molecule has 0 heterocycles. The zero-order valence-corrected chi connectivity index (χ0v) is 44.6. The highest BCUT2D eigenvalue weighted by Crippen LogP contribution is 2.13. The Morgan fingerprint density at radius 3 is 1.29 bits per heavy atom. The topological polar surface area (TPSA) is 524 Å². The zero-order chi connectivity index (χ0) is 58.9. The van der Waals surface area contributed by atoms with Crippen molar-refractivity contribution in [3.63, 3.8) is 0 Å². The fourth-order valence-electron chi connectivity index (χ4n) is 7.31. The number of nitrogens with one attached hydrogen (secondary N) is 8. The molecule has 0 aromatic carbocycles. The molecule has 30 nitrogen and oxygen atoms in total. The first-order valence-electron chi connectivity index (χ1n) is 25.6. The molecule has 8 amide bonds. The third kappa shape index (κ3) is 29.6. The lowest BCUT2D eigenvalue weighted by Gasteiger charge is -2.29. The summed E-state index contributed by atoms with van der Waals surface area (Å²) in [5.74, 6) is -14.7. The van der Waals surface area contributed by atoms with E-state index >= 15 is 0 Å². The minimum absolute atomic E-state index is 0.0105. The van der Waals surface area contributed by atoms with Crippen LogP contribution in [-0.2, 0) is 57.5 Å². The van der Waals surface area contributed by atoms with Crippen LogP contribution in [0.5, 0.6) is 0 Å². The summed E-state index contributed by atoms with van der Waals surface area (Å²) in [5.41, 5.74) is 28.0. The molecule has 0 bridgehead atoms. The van der Waals surface area contributed by atoms with Gasteiger partial charge in [-0.05, 0) is 102 Å². The Morgan fingerprint density at radius 1 is 0.468 bits per heavy atom. The number of unbranched alkanes of at least 4 members (excludes halogenated alkanes) is 2. The van der Waals surface area contributed by atoms with Gasteiger partial charge in [-0.15, -0.1) is 0 Å². The van der Waals surface area contributed by atoms with Crippen LogP contribution in [0.15, 0.2) is 4.99 Å². The van der Waals surface area contributed by atoms with E-state index in [9.17, 15) is 78.0 Å². The summed E-state index contributed by atoms with van der Waals surface area (Å²) in [5, 5.41) is 57.6. The lowest BCUT2D eigenvalue weighted by molar-refractivity contribution is -0.143. The average Bonchev–Trinajstić information content (AvgIpc) is 3.34. The quantitative estimate of drug-likeness (QED) is 0.0157. The zero-order valence-electron chi connectivity index (χ0n) is 44.6. The number of carboxylic acids is 4. The number of rotatable bonds is 41. The number of aliphatic imine (C=N–C) groups is 1. The maximum absolute atomic E-state index is 14.1. The number of nitrogens with zero attached hydrogens (tertiary/aromatic N) is 1. The first-order chi connectivity index (χ1) is 36.1. The first kappa shape index (κ1) is 69.8. The molecule has 0 fully saturated rings. The fraction of sp³-hybridized carbons (Fsp3) is 0.723. The van der Waals surface area contributed by atoms with Gasteiger partial charge in [-0.2, -0.15) is 0 Å². The number of amides is 8. The Bertz CT molecular complexity index is 2020. The molecule has 0 unspecified atom stereocenters. The highest BCUT2D eigenvalue weighted by Gasteiger charge is 2.36. The van der Waals surface area contributed by atoms with Crippen LogP contribution in [0.2, 0.25) is 0 Å². The molecule has 0 aliphatic heterocycles. The van der Waals surface area contributed by atoms with Gasteiger partial charge in [0.15, 0.2) is 5.96 Å². The largest absolute Gasteiger partial charge is 0.481 e. The van der Waals surface area contributed by atoms with E-state index in [2.05, 4.69) is 47.5 Å². The van der Waals surface area contributed by atoms with Crippen molar-refractivity contribution in [3.8, 4) is 0 Å². The molecule has 0 spiro atoms. The first-order valence-corrected chi connectivity index (χ1v) is 25.6. The van der Waals surface area contributed by atoms with Gasteiger partial charge in [0.1, 0.15) is 48.3 Å². The van der Waals surface area contributed by atoms with Gasteiger partial charge in [0, 0.05) is 19.4 Å². The maximum atomic E-state index is 14.1. The Labute approximate surface area is 447 Å². The molecule has 0 saturated carbocycles. The van der Waals surface area contributed by atoms with Crippen molar-refractivity contribution < 1.29 is 78.0 Å². The minimum Gasteiger partial charge on any atom is -0.481 e. The van der Waals surface area contributed by atoms with E-state index < -0.39 is 164 Å². The SMILES string of the molecule is CC[C@H](C)[C@H](NC(=O)[C@H](CCC(=O)O)NC(=O)[C@H](CCC(=O)O)NC(=O)[C@H](CCCCN)NC(=O)[C@H](CC(=O)O)NC(=O)[C@H](CCCCN)NC(=O)[C@@H](N)CCCN=C(N)N)C(=O)N[C@@H](C)C(=O)N[C@@H](CC(C)C)C(=O)O. The second-order valence-electron chi connectivity index (χ2n) is 19.0. The number of aliphatic carboxylic acids is 4. The van der Waals surface area contributed by atoms with Crippen molar-refractivity contribution in [2.75, 3.05) is 19.6 Å². The van der Waals surface area contributed by atoms with E-state index in [1.165, 1.54) is 6.92 Å². The molecule has 0 radical (unpaired) electrons. The van der Waals surface area contributed by atoms with E-state index in [1.807, 2.05) is 0 Å². The molecule has 22 N–H and O–H groups in total. The van der Waals surface area contributed by atoms with Crippen molar-refractivity contribution in [2.24, 2.45) is 45.5 Å². The Kier molecular flexibility index (Phi) is 34.0. The minimum atomic E-state index is -1.87. The third-order valence-corrected chi connectivity index (χ3v) is 11.9. The maximum Gasteiger partial charge on any atom is 0.326 e. The van der Waals surface area contributed by atoms with Crippen LogP contribution in [0.1, 0.15) is 131 Å². The molecule has 0 rings (SSSR count). The molecular formula is C47H84N14O16. The Hall–Kier alpha value is -7.21. The number of nitrogens with two attached hydrogens (primary N) is 5.